The average Bonchev–Trinajstić information content (AvgIpc) is 2.74. The molecular formula is C10H9N3O3. The highest BCUT2D eigenvalue weighted by Crippen LogP contribution is 2.16. The Labute approximate surface area is 90.3 Å². The predicted octanol–water partition coefficient (Wildman–Crippen LogP) is 0.641. The maximum atomic E-state index is 10.7. The van der Waals surface area contributed by atoms with Gasteiger partial charge in [0.1, 0.15) is 6.29 Å². The first kappa shape index (κ1) is 10.2. The summed E-state index contributed by atoms with van der Waals surface area (Å²) < 4.78 is 4.39. The van der Waals surface area contributed by atoms with Gasteiger partial charge in [-0.2, -0.15) is 0 Å². The second-order valence-corrected chi connectivity index (χ2v) is 3.07. The summed E-state index contributed by atoms with van der Waals surface area (Å²) in [6.45, 7) is 0.264. The lowest BCUT2D eigenvalue weighted by atomic mass is 10.2. The highest BCUT2D eigenvalue weighted by atomic mass is 16.5. The van der Waals surface area contributed by atoms with E-state index in [1.54, 1.807) is 24.3 Å². The summed E-state index contributed by atoms with van der Waals surface area (Å²) in [5.74, 6) is -0.204. The van der Waals surface area contributed by atoms with E-state index in [4.69, 9.17) is 0 Å². The van der Waals surface area contributed by atoms with Crippen molar-refractivity contribution >= 4 is 12.0 Å². The van der Waals surface area contributed by atoms with Gasteiger partial charge >= 0.3 is 5.76 Å². The molecule has 82 valence electrons. The molecule has 1 aromatic heterocycles. The van der Waals surface area contributed by atoms with Crippen LogP contribution >= 0.6 is 0 Å². The average molecular weight is 219 g/mol. The predicted molar refractivity (Wildman–Crippen MR) is 57.1 cm³/mol. The van der Waals surface area contributed by atoms with Crippen LogP contribution in [0.5, 0.6) is 0 Å². The quantitative estimate of drug-likeness (QED) is 0.737. The van der Waals surface area contributed by atoms with Crippen molar-refractivity contribution in [1.29, 1.82) is 0 Å². The van der Waals surface area contributed by atoms with Crippen molar-refractivity contribution in [3.05, 3.63) is 34.8 Å². The Kier molecular flexibility index (Phi) is 2.81. The molecule has 1 aromatic carbocycles. The summed E-state index contributed by atoms with van der Waals surface area (Å²) in [7, 11) is 0. The second kappa shape index (κ2) is 4.43. The Hall–Kier alpha value is -2.37. The van der Waals surface area contributed by atoms with Crippen LogP contribution in [0.15, 0.2) is 33.6 Å². The molecule has 0 amide bonds. The molecule has 0 radical (unpaired) electrons. The molecule has 0 aliphatic carbocycles. The van der Waals surface area contributed by atoms with E-state index in [0.717, 1.165) is 17.5 Å². The van der Waals surface area contributed by atoms with Crippen LogP contribution in [0.3, 0.4) is 0 Å². The first-order chi connectivity index (χ1) is 7.79. The third-order valence-corrected chi connectivity index (χ3v) is 1.99. The molecule has 2 rings (SSSR count). The van der Waals surface area contributed by atoms with E-state index in [9.17, 15) is 9.59 Å². The highest BCUT2D eigenvalue weighted by molar-refractivity contribution is 5.62. The molecule has 2 aromatic rings. The van der Waals surface area contributed by atoms with E-state index in [1.165, 1.54) is 0 Å². The Bertz CT molecular complexity index is 527. The smallest absolute Gasteiger partial charge is 0.378 e. The van der Waals surface area contributed by atoms with Crippen molar-refractivity contribution in [2.75, 3.05) is 11.9 Å². The van der Waals surface area contributed by atoms with E-state index >= 15 is 0 Å². The minimum atomic E-state index is -0.585. The minimum absolute atomic E-state index is 0.264. The number of hydrogen-bond acceptors (Lipinski definition) is 5. The van der Waals surface area contributed by atoms with Crippen molar-refractivity contribution in [3.63, 3.8) is 0 Å². The number of nitrogens with zero attached hydrogens (tertiary/aromatic N) is 1. The van der Waals surface area contributed by atoms with Crippen LogP contribution in [-0.4, -0.2) is 23.0 Å². The largest absolute Gasteiger partial charge is 0.439 e. The second-order valence-electron chi connectivity index (χ2n) is 3.07. The lowest BCUT2D eigenvalue weighted by Crippen LogP contribution is -2.01. The summed E-state index contributed by atoms with van der Waals surface area (Å²) in [6.07, 6.45) is 0.781. The fourth-order valence-electron chi connectivity index (χ4n) is 1.26. The lowest BCUT2D eigenvalue weighted by Gasteiger charge is -2.02. The Morgan fingerprint density at radius 2 is 2.12 bits per heavy atom. The van der Waals surface area contributed by atoms with Crippen LogP contribution in [0, 0.1) is 0 Å². The summed E-state index contributed by atoms with van der Waals surface area (Å²) in [5.41, 5.74) is 1.56. The number of aldehydes is 1. The summed E-state index contributed by atoms with van der Waals surface area (Å²) in [6, 6.07) is 7.10. The zero-order valence-corrected chi connectivity index (χ0v) is 8.27. The number of aromatic nitrogens is 2. The van der Waals surface area contributed by atoms with Crippen LogP contribution in [0.4, 0.5) is 5.69 Å². The van der Waals surface area contributed by atoms with Crippen LogP contribution in [-0.2, 0) is 4.79 Å². The maximum absolute atomic E-state index is 10.7. The number of hydrogen-bond donors (Lipinski definition) is 2. The van der Waals surface area contributed by atoms with E-state index in [2.05, 4.69) is 20.0 Å². The van der Waals surface area contributed by atoms with E-state index < -0.39 is 5.76 Å². The molecule has 0 bridgehead atoms. The van der Waals surface area contributed by atoms with E-state index in [0.29, 0.717) is 5.82 Å². The zero-order chi connectivity index (χ0) is 11.4. The molecule has 0 saturated heterocycles. The van der Waals surface area contributed by atoms with Crippen LogP contribution < -0.4 is 11.1 Å². The van der Waals surface area contributed by atoms with Gasteiger partial charge in [-0.15, -0.1) is 0 Å². The normalized spacial score (nSPS) is 10.0. The van der Waals surface area contributed by atoms with Gasteiger partial charge in [-0.3, -0.25) is 9.51 Å². The third-order valence-electron chi connectivity index (χ3n) is 1.99. The molecule has 2 N–H and O–H groups in total. The number of H-pyrrole nitrogens is 1. The Morgan fingerprint density at radius 1 is 1.38 bits per heavy atom. The maximum Gasteiger partial charge on any atom is 0.439 e. The number of benzene rings is 1. The Morgan fingerprint density at radius 3 is 2.69 bits per heavy atom. The van der Waals surface area contributed by atoms with Gasteiger partial charge in [-0.1, -0.05) is 5.16 Å². The standard InChI is InChI=1S/C10H9N3O3/c14-6-5-11-8-3-1-7(2-4-8)9-12-10(15)16-13-9/h1-4,6,11H,5H2,(H,12,13,15). The van der Waals surface area contributed by atoms with Crippen molar-refractivity contribution in [2.45, 2.75) is 0 Å². The van der Waals surface area contributed by atoms with Gasteiger partial charge in [-0.25, -0.2) is 4.79 Å². The van der Waals surface area contributed by atoms with Crippen LogP contribution in [0.25, 0.3) is 11.4 Å². The SMILES string of the molecule is O=CCNc1ccc(-c2noc(=O)[nH]2)cc1. The van der Waals surface area contributed by atoms with Crippen molar-refractivity contribution in [1.82, 2.24) is 10.1 Å². The number of rotatable bonds is 4. The fourth-order valence-corrected chi connectivity index (χ4v) is 1.26. The molecule has 0 spiro atoms. The molecule has 0 aliphatic heterocycles. The number of carbonyl (C=O) groups excluding carboxylic acids is 1. The van der Waals surface area contributed by atoms with Crippen LogP contribution in [0.1, 0.15) is 0 Å². The fraction of sp³-hybridized carbons (Fsp3) is 0.100. The van der Waals surface area contributed by atoms with Crippen molar-refractivity contribution in [2.24, 2.45) is 0 Å². The summed E-state index contributed by atoms with van der Waals surface area (Å²) >= 11 is 0. The number of aromatic amines is 1. The monoisotopic (exact) mass is 219 g/mol. The van der Waals surface area contributed by atoms with Crippen molar-refractivity contribution in [3.8, 4) is 11.4 Å². The molecule has 0 aliphatic rings. The number of carbonyl (C=O) groups is 1. The van der Waals surface area contributed by atoms with Gasteiger partial charge < -0.3 is 10.1 Å². The summed E-state index contributed by atoms with van der Waals surface area (Å²) in [5, 5.41) is 6.45. The van der Waals surface area contributed by atoms with Gasteiger partial charge in [0.05, 0.1) is 6.54 Å². The van der Waals surface area contributed by atoms with Crippen LogP contribution in [0.2, 0.25) is 0 Å². The summed E-state index contributed by atoms with van der Waals surface area (Å²) in [4.78, 5) is 23.3. The first-order valence-electron chi connectivity index (χ1n) is 4.63. The molecule has 16 heavy (non-hydrogen) atoms. The molecule has 0 atom stereocenters. The number of nitrogens with one attached hydrogen (secondary N) is 2. The Balaban J connectivity index is 2.19. The third kappa shape index (κ3) is 2.17. The molecule has 6 nitrogen and oxygen atoms in total. The molecule has 0 unspecified atom stereocenters. The van der Waals surface area contributed by atoms with Gasteiger partial charge in [0, 0.05) is 11.3 Å². The van der Waals surface area contributed by atoms with Gasteiger partial charge in [0.2, 0.25) is 0 Å². The molecular weight excluding hydrogens is 210 g/mol. The van der Waals surface area contributed by atoms with Gasteiger partial charge in [0.15, 0.2) is 5.82 Å². The van der Waals surface area contributed by atoms with E-state index in [1.807, 2.05) is 0 Å². The molecule has 0 fully saturated rings. The number of anilines is 1. The molecule has 1 heterocycles. The van der Waals surface area contributed by atoms with Crippen molar-refractivity contribution < 1.29 is 9.32 Å². The van der Waals surface area contributed by atoms with Gasteiger partial charge in [0.25, 0.3) is 0 Å². The zero-order valence-electron chi connectivity index (χ0n) is 8.27. The minimum Gasteiger partial charge on any atom is -0.378 e. The topological polar surface area (TPSA) is 88.0 Å². The highest BCUT2D eigenvalue weighted by Gasteiger charge is 2.03. The van der Waals surface area contributed by atoms with Gasteiger partial charge in [-0.05, 0) is 24.3 Å². The lowest BCUT2D eigenvalue weighted by molar-refractivity contribution is -0.106. The van der Waals surface area contributed by atoms with E-state index in [-0.39, 0.29) is 6.54 Å². The molecule has 6 heteroatoms. The first-order valence-corrected chi connectivity index (χ1v) is 4.63. The molecule has 0 saturated carbocycles.